The van der Waals surface area contributed by atoms with E-state index >= 15 is 0 Å². The van der Waals surface area contributed by atoms with Gasteiger partial charge in [-0.05, 0) is 38.1 Å². The second-order valence-electron chi connectivity index (χ2n) is 7.42. The van der Waals surface area contributed by atoms with Gasteiger partial charge in [-0.15, -0.1) is 0 Å². The van der Waals surface area contributed by atoms with Crippen LogP contribution < -0.4 is 10.1 Å². The van der Waals surface area contributed by atoms with Crippen LogP contribution >= 0.6 is 0 Å². The molecule has 2 amide bonds. The van der Waals surface area contributed by atoms with Crippen LogP contribution in [-0.2, 0) is 21.4 Å². The number of carbonyl (C=O) groups excluding carboxylic acids is 2. The molecule has 1 aliphatic heterocycles. The zero-order valence-electron chi connectivity index (χ0n) is 18.0. The molecule has 0 saturated carbocycles. The highest BCUT2D eigenvalue weighted by molar-refractivity contribution is 7.89. The zero-order valence-corrected chi connectivity index (χ0v) is 18.8. The van der Waals surface area contributed by atoms with Gasteiger partial charge >= 0.3 is 0 Å². The van der Waals surface area contributed by atoms with Crippen molar-refractivity contribution >= 4 is 21.8 Å². The smallest absolute Gasteiger partial charge is 0.253 e. The third kappa shape index (κ3) is 4.70. The maximum absolute atomic E-state index is 12.8. The number of pyridine rings is 1. The number of nitrogens with zero attached hydrogens (tertiary/aromatic N) is 3. The molecule has 1 fully saturated rings. The van der Waals surface area contributed by atoms with E-state index in [4.69, 9.17) is 4.74 Å². The van der Waals surface area contributed by atoms with Crippen LogP contribution in [0.2, 0.25) is 0 Å². The van der Waals surface area contributed by atoms with Crippen molar-refractivity contribution in [3.63, 3.8) is 0 Å². The minimum absolute atomic E-state index is 0.0437. The molecule has 10 heteroatoms. The van der Waals surface area contributed by atoms with Crippen LogP contribution in [0.25, 0.3) is 0 Å². The number of carbonyl (C=O) groups is 2. The van der Waals surface area contributed by atoms with E-state index in [1.165, 1.54) is 29.2 Å². The Labute approximate surface area is 182 Å². The van der Waals surface area contributed by atoms with Crippen molar-refractivity contribution in [1.29, 1.82) is 0 Å². The third-order valence-corrected chi connectivity index (χ3v) is 7.09. The maximum atomic E-state index is 12.8. The number of hydrogen-bond acceptors (Lipinski definition) is 6. The molecule has 3 rings (SSSR count). The van der Waals surface area contributed by atoms with Gasteiger partial charge in [0.05, 0.1) is 30.8 Å². The zero-order chi connectivity index (χ0) is 22.8. The van der Waals surface area contributed by atoms with Gasteiger partial charge in [-0.2, -0.15) is 4.31 Å². The Kier molecular flexibility index (Phi) is 6.61. The first-order chi connectivity index (χ1) is 14.6. The SMILES string of the molecule is COc1c(C)cnc(CN(C)C(=O)c2ccc(S(=O)(=O)N3CCNC(=O)C3)cc2)c1C. The number of nitrogens with one attached hydrogen (secondary N) is 1. The van der Waals surface area contributed by atoms with Gasteiger partial charge in [-0.25, -0.2) is 8.42 Å². The van der Waals surface area contributed by atoms with Crippen molar-refractivity contribution in [2.24, 2.45) is 0 Å². The lowest BCUT2D eigenvalue weighted by Gasteiger charge is -2.26. The van der Waals surface area contributed by atoms with E-state index in [9.17, 15) is 18.0 Å². The molecule has 2 heterocycles. The van der Waals surface area contributed by atoms with E-state index < -0.39 is 10.0 Å². The molecule has 31 heavy (non-hydrogen) atoms. The van der Waals surface area contributed by atoms with Gasteiger partial charge in [0.1, 0.15) is 5.75 Å². The molecular weight excluding hydrogens is 420 g/mol. The van der Waals surface area contributed by atoms with Gasteiger partial charge in [0.25, 0.3) is 5.91 Å². The number of piperazine rings is 1. The summed E-state index contributed by atoms with van der Waals surface area (Å²) in [6.07, 6.45) is 1.71. The number of rotatable bonds is 6. The Bertz CT molecular complexity index is 1100. The van der Waals surface area contributed by atoms with Crippen molar-refractivity contribution in [3.8, 4) is 5.75 Å². The van der Waals surface area contributed by atoms with Gasteiger partial charge in [-0.3, -0.25) is 14.6 Å². The molecule has 1 saturated heterocycles. The van der Waals surface area contributed by atoms with E-state index in [1.807, 2.05) is 13.8 Å². The van der Waals surface area contributed by atoms with E-state index in [1.54, 1.807) is 20.4 Å². The average Bonchev–Trinajstić information content (AvgIpc) is 2.75. The Morgan fingerprint density at radius 3 is 2.55 bits per heavy atom. The van der Waals surface area contributed by atoms with Crippen LogP contribution in [0, 0.1) is 13.8 Å². The Hall–Kier alpha value is -2.98. The van der Waals surface area contributed by atoms with Crippen molar-refractivity contribution in [3.05, 3.63) is 52.8 Å². The van der Waals surface area contributed by atoms with Crippen molar-refractivity contribution in [1.82, 2.24) is 19.5 Å². The predicted octanol–water partition coefficient (Wildman–Crippen LogP) is 1.10. The highest BCUT2D eigenvalue weighted by Crippen LogP contribution is 2.25. The lowest BCUT2D eigenvalue weighted by Crippen LogP contribution is -2.49. The van der Waals surface area contributed by atoms with Gasteiger partial charge in [0, 0.05) is 43.0 Å². The van der Waals surface area contributed by atoms with Crippen molar-refractivity contribution in [2.75, 3.05) is 33.8 Å². The van der Waals surface area contributed by atoms with Gasteiger partial charge < -0.3 is 15.0 Å². The summed E-state index contributed by atoms with van der Waals surface area (Å²) in [6, 6.07) is 5.74. The fraction of sp³-hybridized carbons (Fsp3) is 0.381. The number of sulfonamides is 1. The number of methoxy groups -OCH3 is 1. The summed E-state index contributed by atoms with van der Waals surface area (Å²) in [5.74, 6) is 0.147. The Morgan fingerprint density at radius 1 is 1.26 bits per heavy atom. The standard InChI is InChI=1S/C21H26N4O5S/c1-14-11-23-18(15(2)20(14)30-4)12-24(3)21(27)16-5-7-17(8-6-16)31(28,29)25-10-9-22-19(26)13-25/h5-8,11H,9-10,12-13H2,1-4H3,(H,22,26). The summed E-state index contributed by atoms with van der Waals surface area (Å²) in [7, 11) is -0.543. The predicted molar refractivity (Wildman–Crippen MR) is 114 cm³/mol. The summed E-state index contributed by atoms with van der Waals surface area (Å²) >= 11 is 0. The highest BCUT2D eigenvalue weighted by atomic mass is 32.2. The van der Waals surface area contributed by atoms with Gasteiger partial charge in [0.15, 0.2) is 0 Å². The second kappa shape index (κ2) is 9.03. The molecule has 1 aromatic carbocycles. The molecule has 0 aliphatic carbocycles. The van der Waals surface area contributed by atoms with Gasteiger partial charge in [0.2, 0.25) is 15.9 Å². The number of hydrogen-bond donors (Lipinski definition) is 1. The molecular formula is C21H26N4O5S. The molecule has 0 unspecified atom stereocenters. The second-order valence-corrected chi connectivity index (χ2v) is 9.36. The third-order valence-electron chi connectivity index (χ3n) is 5.23. The highest BCUT2D eigenvalue weighted by Gasteiger charge is 2.29. The van der Waals surface area contributed by atoms with Crippen molar-refractivity contribution in [2.45, 2.75) is 25.3 Å². The molecule has 0 spiro atoms. The number of aryl methyl sites for hydroxylation is 1. The van der Waals surface area contributed by atoms with Crippen molar-refractivity contribution < 1.29 is 22.7 Å². The topological polar surface area (TPSA) is 109 Å². The quantitative estimate of drug-likeness (QED) is 0.712. The lowest BCUT2D eigenvalue weighted by molar-refractivity contribution is -0.122. The Morgan fingerprint density at radius 2 is 1.94 bits per heavy atom. The average molecular weight is 447 g/mol. The van der Waals surface area contributed by atoms with Crippen LogP contribution in [0.3, 0.4) is 0 Å². The molecule has 0 atom stereocenters. The normalized spacial score (nSPS) is 14.8. The molecule has 0 bridgehead atoms. The summed E-state index contributed by atoms with van der Waals surface area (Å²) in [5.41, 5.74) is 2.87. The summed E-state index contributed by atoms with van der Waals surface area (Å²) in [6.45, 7) is 4.36. The summed E-state index contributed by atoms with van der Waals surface area (Å²) < 4.78 is 32.0. The molecule has 1 aromatic heterocycles. The number of ether oxygens (including phenoxy) is 1. The van der Waals surface area contributed by atoms with Crippen LogP contribution in [0.15, 0.2) is 35.4 Å². The van der Waals surface area contributed by atoms with Gasteiger partial charge in [-0.1, -0.05) is 0 Å². The molecule has 0 radical (unpaired) electrons. The fourth-order valence-electron chi connectivity index (χ4n) is 3.49. The number of amides is 2. The van der Waals surface area contributed by atoms with Crippen LogP contribution in [0.1, 0.15) is 27.2 Å². The molecule has 1 N–H and O–H groups in total. The summed E-state index contributed by atoms with van der Waals surface area (Å²) in [4.78, 5) is 30.3. The van der Waals surface area contributed by atoms with E-state index in [0.717, 1.165) is 26.9 Å². The number of benzene rings is 1. The minimum Gasteiger partial charge on any atom is -0.496 e. The molecule has 1 aliphatic rings. The van der Waals surface area contributed by atoms with E-state index in [0.29, 0.717) is 5.56 Å². The molecule has 166 valence electrons. The van der Waals surface area contributed by atoms with E-state index in [-0.39, 0.29) is 42.9 Å². The van der Waals surface area contributed by atoms with E-state index in [2.05, 4.69) is 10.3 Å². The minimum atomic E-state index is -3.80. The fourth-order valence-corrected chi connectivity index (χ4v) is 4.88. The first-order valence-corrected chi connectivity index (χ1v) is 11.2. The van der Waals surface area contributed by atoms with Crippen LogP contribution in [0.4, 0.5) is 0 Å². The first kappa shape index (κ1) is 22.7. The van der Waals surface area contributed by atoms with Crippen LogP contribution in [-0.4, -0.2) is 68.2 Å². The number of aromatic nitrogens is 1. The first-order valence-electron chi connectivity index (χ1n) is 9.76. The largest absolute Gasteiger partial charge is 0.496 e. The maximum Gasteiger partial charge on any atom is 0.253 e. The Balaban J connectivity index is 1.75. The molecule has 2 aromatic rings. The van der Waals surface area contributed by atoms with Crippen LogP contribution in [0.5, 0.6) is 5.75 Å². The summed E-state index contributed by atoms with van der Waals surface area (Å²) in [5, 5.41) is 2.60. The monoisotopic (exact) mass is 446 g/mol. The molecule has 9 nitrogen and oxygen atoms in total. The lowest BCUT2D eigenvalue weighted by atomic mass is 10.1.